The third-order valence-electron chi connectivity index (χ3n) is 6.39. The van der Waals surface area contributed by atoms with Crippen molar-refractivity contribution < 1.29 is 13.2 Å². The number of hydrogen-bond acceptors (Lipinski definition) is 5. The molecule has 2 N–H and O–H groups in total. The molecule has 2 aromatic carbocycles. The zero-order chi connectivity index (χ0) is 24.7. The number of carbonyl (C=O) groups is 1. The number of likely N-dealkylation sites (tertiary alicyclic amines) is 1. The second-order valence-electron chi connectivity index (χ2n) is 9.20. The van der Waals surface area contributed by atoms with Gasteiger partial charge in [0, 0.05) is 30.6 Å². The van der Waals surface area contributed by atoms with Gasteiger partial charge < -0.3 is 10.2 Å². The van der Waals surface area contributed by atoms with Crippen molar-refractivity contribution >= 4 is 32.5 Å². The number of piperidine rings is 1. The van der Waals surface area contributed by atoms with E-state index in [1.165, 1.54) is 19.3 Å². The molecule has 0 bridgehead atoms. The fourth-order valence-electron chi connectivity index (χ4n) is 4.39. The average molecular weight is 495 g/mol. The van der Waals surface area contributed by atoms with Crippen LogP contribution in [-0.4, -0.2) is 50.4 Å². The van der Waals surface area contributed by atoms with E-state index in [9.17, 15) is 13.2 Å². The second-order valence-corrected chi connectivity index (χ2v) is 10.9. The standard InChI is InChI=1S/C27H34N4O3S/c1-21-11-15-24(16-12-21)35(33,34)30-25-9-5-7-22-13-14-23(29-27(22)25)8-6-10-26(32)28-17-20-31-18-3-2-4-19-31/h5,7,9,11-16,30H,2-4,6,8,10,17-20H2,1H3,(H,28,32). The van der Waals surface area contributed by atoms with Crippen molar-refractivity contribution in [3.63, 3.8) is 0 Å². The Morgan fingerprint density at radius 3 is 2.54 bits per heavy atom. The van der Waals surface area contributed by atoms with Crippen LogP contribution < -0.4 is 10.0 Å². The third kappa shape index (κ3) is 7.02. The first-order chi connectivity index (χ1) is 16.9. The summed E-state index contributed by atoms with van der Waals surface area (Å²) in [6.45, 7) is 5.79. The van der Waals surface area contributed by atoms with E-state index in [0.717, 1.165) is 36.3 Å². The number of nitrogens with one attached hydrogen (secondary N) is 2. The normalized spacial score (nSPS) is 14.7. The lowest BCUT2D eigenvalue weighted by molar-refractivity contribution is -0.121. The molecule has 0 atom stereocenters. The summed E-state index contributed by atoms with van der Waals surface area (Å²) < 4.78 is 28.5. The number of fused-ring (bicyclic) bond motifs is 1. The Balaban J connectivity index is 1.34. The fourth-order valence-corrected chi connectivity index (χ4v) is 5.45. The zero-order valence-corrected chi connectivity index (χ0v) is 21.1. The highest BCUT2D eigenvalue weighted by molar-refractivity contribution is 7.92. The average Bonchev–Trinajstić information content (AvgIpc) is 2.85. The topological polar surface area (TPSA) is 91.4 Å². The van der Waals surface area contributed by atoms with Gasteiger partial charge in [0.1, 0.15) is 0 Å². The molecule has 0 saturated carbocycles. The highest BCUT2D eigenvalue weighted by Gasteiger charge is 2.16. The number of sulfonamides is 1. The summed E-state index contributed by atoms with van der Waals surface area (Å²) >= 11 is 0. The molecule has 1 aliphatic rings. The molecule has 186 valence electrons. The quantitative estimate of drug-likeness (QED) is 0.439. The first-order valence-corrected chi connectivity index (χ1v) is 13.9. The number of pyridine rings is 1. The van der Waals surface area contributed by atoms with Gasteiger partial charge in [0.2, 0.25) is 5.91 Å². The maximum Gasteiger partial charge on any atom is 0.261 e. The lowest BCUT2D eigenvalue weighted by atomic mass is 10.1. The first kappa shape index (κ1) is 25.1. The number of nitrogens with zero attached hydrogens (tertiary/aromatic N) is 2. The number of aromatic nitrogens is 1. The van der Waals surface area contributed by atoms with E-state index in [0.29, 0.717) is 37.0 Å². The largest absolute Gasteiger partial charge is 0.355 e. The Bertz CT molecular complexity index is 1250. The highest BCUT2D eigenvalue weighted by atomic mass is 32.2. The number of carbonyl (C=O) groups excluding carboxylic acids is 1. The van der Waals surface area contributed by atoms with Crippen molar-refractivity contribution in [2.24, 2.45) is 0 Å². The molecule has 0 aliphatic carbocycles. The van der Waals surface area contributed by atoms with Crippen LogP contribution >= 0.6 is 0 Å². The lowest BCUT2D eigenvalue weighted by Crippen LogP contribution is -2.37. The van der Waals surface area contributed by atoms with E-state index >= 15 is 0 Å². The second kappa shape index (κ2) is 11.6. The predicted octanol–water partition coefficient (Wildman–Crippen LogP) is 4.27. The van der Waals surface area contributed by atoms with Crippen LogP contribution in [0.3, 0.4) is 0 Å². The summed E-state index contributed by atoms with van der Waals surface area (Å²) in [5.41, 5.74) is 2.88. The molecule has 1 amide bonds. The summed E-state index contributed by atoms with van der Waals surface area (Å²) in [6.07, 6.45) is 5.59. The van der Waals surface area contributed by atoms with Crippen LogP contribution in [0.1, 0.15) is 43.4 Å². The van der Waals surface area contributed by atoms with Crippen LogP contribution in [0, 0.1) is 6.92 Å². The number of rotatable bonds is 10. The summed E-state index contributed by atoms with van der Waals surface area (Å²) in [7, 11) is -3.73. The molecule has 0 radical (unpaired) electrons. The molecule has 1 aromatic heterocycles. The molecular weight excluding hydrogens is 460 g/mol. The number of para-hydroxylation sites is 1. The maximum absolute atomic E-state index is 12.9. The molecule has 3 aromatic rings. The first-order valence-electron chi connectivity index (χ1n) is 12.4. The monoisotopic (exact) mass is 494 g/mol. The molecular formula is C27H34N4O3S. The van der Waals surface area contributed by atoms with Gasteiger partial charge in [-0.3, -0.25) is 14.5 Å². The van der Waals surface area contributed by atoms with Gasteiger partial charge in [-0.25, -0.2) is 8.42 Å². The molecule has 1 saturated heterocycles. The van der Waals surface area contributed by atoms with E-state index in [-0.39, 0.29) is 10.8 Å². The summed E-state index contributed by atoms with van der Waals surface area (Å²) in [5, 5.41) is 3.88. The van der Waals surface area contributed by atoms with Gasteiger partial charge in [-0.2, -0.15) is 0 Å². The zero-order valence-electron chi connectivity index (χ0n) is 20.3. The van der Waals surface area contributed by atoms with Crippen LogP contribution in [0.4, 0.5) is 5.69 Å². The molecule has 8 heteroatoms. The van der Waals surface area contributed by atoms with Gasteiger partial charge in [0.15, 0.2) is 0 Å². The van der Waals surface area contributed by atoms with Crippen molar-refractivity contribution in [3.05, 3.63) is 65.9 Å². The number of hydrogen-bond donors (Lipinski definition) is 2. The summed E-state index contributed by atoms with van der Waals surface area (Å²) in [5.74, 6) is 0.0642. The predicted molar refractivity (Wildman–Crippen MR) is 140 cm³/mol. The van der Waals surface area contributed by atoms with Gasteiger partial charge in [-0.15, -0.1) is 0 Å². The van der Waals surface area contributed by atoms with E-state index in [4.69, 9.17) is 4.98 Å². The van der Waals surface area contributed by atoms with Gasteiger partial charge in [0.05, 0.1) is 16.1 Å². The molecule has 1 fully saturated rings. The fraction of sp³-hybridized carbons (Fsp3) is 0.407. The smallest absolute Gasteiger partial charge is 0.261 e. The van der Waals surface area contributed by atoms with Crippen LogP contribution in [0.25, 0.3) is 10.9 Å². The van der Waals surface area contributed by atoms with E-state index in [1.807, 2.05) is 31.2 Å². The summed E-state index contributed by atoms with van der Waals surface area (Å²) in [4.78, 5) is 19.6. The molecule has 0 unspecified atom stereocenters. The Morgan fingerprint density at radius 2 is 1.77 bits per heavy atom. The van der Waals surface area contributed by atoms with E-state index < -0.39 is 10.0 Å². The van der Waals surface area contributed by atoms with Crippen molar-refractivity contribution in [2.75, 3.05) is 30.9 Å². The van der Waals surface area contributed by atoms with E-state index in [1.54, 1.807) is 30.3 Å². The van der Waals surface area contributed by atoms with Crippen LogP contribution in [0.15, 0.2) is 59.5 Å². The van der Waals surface area contributed by atoms with E-state index in [2.05, 4.69) is 14.9 Å². The number of aryl methyl sites for hydroxylation is 2. The van der Waals surface area contributed by atoms with Crippen molar-refractivity contribution in [1.29, 1.82) is 0 Å². The number of anilines is 1. The minimum Gasteiger partial charge on any atom is -0.355 e. The molecule has 35 heavy (non-hydrogen) atoms. The Morgan fingerprint density at radius 1 is 1.00 bits per heavy atom. The number of amides is 1. The molecule has 1 aliphatic heterocycles. The maximum atomic E-state index is 12.9. The third-order valence-corrected chi connectivity index (χ3v) is 7.77. The van der Waals surface area contributed by atoms with Gasteiger partial charge in [-0.1, -0.05) is 42.3 Å². The van der Waals surface area contributed by atoms with Gasteiger partial charge in [0.25, 0.3) is 10.0 Å². The molecule has 2 heterocycles. The van der Waals surface area contributed by atoms with Crippen molar-refractivity contribution in [2.45, 2.75) is 50.3 Å². The number of benzene rings is 2. The Labute approximate surface area is 208 Å². The van der Waals surface area contributed by atoms with Crippen molar-refractivity contribution in [1.82, 2.24) is 15.2 Å². The molecule has 4 rings (SSSR count). The van der Waals surface area contributed by atoms with Crippen LogP contribution in [0.2, 0.25) is 0 Å². The van der Waals surface area contributed by atoms with Crippen LogP contribution in [0.5, 0.6) is 0 Å². The Hall–Kier alpha value is -2.97. The Kier molecular flexibility index (Phi) is 8.36. The van der Waals surface area contributed by atoms with Gasteiger partial charge in [-0.05, 0) is 70.0 Å². The SMILES string of the molecule is Cc1ccc(S(=O)(=O)Nc2cccc3ccc(CCCC(=O)NCCN4CCCCC4)nc23)cc1. The highest BCUT2D eigenvalue weighted by Crippen LogP contribution is 2.25. The minimum absolute atomic E-state index is 0.0642. The lowest BCUT2D eigenvalue weighted by Gasteiger charge is -2.26. The molecule has 0 spiro atoms. The van der Waals surface area contributed by atoms with Gasteiger partial charge >= 0.3 is 0 Å². The molecule has 7 nitrogen and oxygen atoms in total. The minimum atomic E-state index is -3.73. The summed E-state index contributed by atoms with van der Waals surface area (Å²) in [6, 6.07) is 16.1. The van der Waals surface area contributed by atoms with Crippen molar-refractivity contribution in [3.8, 4) is 0 Å². The van der Waals surface area contributed by atoms with Crippen LogP contribution in [-0.2, 0) is 21.2 Å².